The molecule has 0 radical (unpaired) electrons. The van der Waals surface area contributed by atoms with Gasteiger partial charge in [0.1, 0.15) is 0 Å². The van der Waals surface area contributed by atoms with Crippen molar-refractivity contribution in [3.05, 3.63) is 0 Å². The Kier molecular flexibility index (Phi) is 5.38. The fourth-order valence-corrected chi connectivity index (χ4v) is 3.77. The maximum absolute atomic E-state index is 6.13. The van der Waals surface area contributed by atoms with E-state index in [-0.39, 0.29) is 0 Å². The first-order chi connectivity index (χ1) is 6.25. The molecule has 0 bridgehead atoms. The minimum Gasteiger partial charge on any atom is -0.417 e. The van der Waals surface area contributed by atoms with Gasteiger partial charge in [0, 0.05) is 6.61 Å². The van der Waals surface area contributed by atoms with Crippen molar-refractivity contribution in [1.82, 2.24) is 0 Å². The van der Waals surface area contributed by atoms with E-state index in [9.17, 15) is 0 Å². The first kappa shape index (κ1) is 14.2. The zero-order chi connectivity index (χ0) is 11.4. The maximum Gasteiger partial charge on any atom is 0.192 e. The Morgan fingerprint density at radius 1 is 1.21 bits per heavy atom. The van der Waals surface area contributed by atoms with Gasteiger partial charge in [-0.25, -0.2) is 0 Å². The molecule has 0 aliphatic carbocycles. The lowest BCUT2D eigenvalue weighted by molar-refractivity contribution is 0.261. The molecule has 0 N–H and O–H groups in total. The Morgan fingerprint density at radius 2 is 1.71 bits per heavy atom. The molecular formula is C12H28OSi. The Hall–Kier alpha value is 0.177. The van der Waals surface area contributed by atoms with Gasteiger partial charge in [-0.3, -0.25) is 0 Å². The summed E-state index contributed by atoms with van der Waals surface area (Å²) in [6, 6.07) is 0. The molecule has 0 heterocycles. The van der Waals surface area contributed by atoms with Crippen molar-refractivity contribution in [2.45, 2.75) is 65.6 Å². The van der Waals surface area contributed by atoms with Gasteiger partial charge < -0.3 is 4.43 Å². The Bertz CT molecular complexity index is 162. The van der Waals surface area contributed by atoms with E-state index in [4.69, 9.17) is 4.43 Å². The first-order valence-electron chi connectivity index (χ1n) is 5.89. The molecule has 0 saturated carbocycles. The Balaban J connectivity index is 4.29. The molecule has 0 aromatic rings. The van der Waals surface area contributed by atoms with Crippen molar-refractivity contribution in [2.24, 2.45) is 5.92 Å². The summed E-state index contributed by atoms with van der Waals surface area (Å²) in [5.41, 5.74) is 0. The molecule has 2 heteroatoms. The monoisotopic (exact) mass is 216 g/mol. The van der Waals surface area contributed by atoms with Crippen LogP contribution in [-0.2, 0) is 4.43 Å². The zero-order valence-electron chi connectivity index (χ0n) is 11.1. The van der Waals surface area contributed by atoms with E-state index in [1.807, 2.05) is 0 Å². The lowest BCUT2D eigenvalue weighted by Gasteiger charge is -2.42. The number of hydrogen-bond acceptors (Lipinski definition) is 1. The number of rotatable bonds is 6. The molecule has 0 fully saturated rings. The highest BCUT2D eigenvalue weighted by Gasteiger charge is 2.42. The third-order valence-corrected chi connectivity index (χ3v) is 8.56. The van der Waals surface area contributed by atoms with Crippen LogP contribution < -0.4 is 0 Å². The third-order valence-electron chi connectivity index (χ3n) is 3.96. The van der Waals surface area contributed by atoms with E-state index in [1.165, 1.54) is 12.8 Å². The van der Waals surface area contributed by atoms with E-state index in [2.05, 4.69) is 47.7 Å². The van der Waals surface area contributed by atoms with Crippen LogP contribution in [0.3, 0.4) is 0 Å². The summed E-state index contributed by atoms with van der Waals surface area (Å²) >= 11 is 0. The van der Waals surface area contributed by atoms with Gasteiger partial charge in [-0.15, -0.1) is 0 Å². The van der Waals surface area contributed by atoms with Crippen LogP contribution in [-0.4, -0.2) is 14.9 Å². The van der Waals surface area contributed by atoms with Gasteiger partial charge in [0.15, 0.2) is 8.32 Å². The molecular weight excluding hydrogens is 188 g/mol. The van der Waals surface area contributed by atoms with E-state index in [0.29, 0.717) is 11.0 Å². The van der Waals surface area contributed by atoms with Crippen molar-refractivity contribution < 1.29 is 4.43 Å². The highest BCUT2D eigenvalue weighted by Crippen LogP contribution is 2.44. The summed E-state index contributed by atoms with van der Waals surface area (Å²) in [6.07, 6.45) is 2.43. The molecule has 86 valence electrons. The predicted molar refractivity (Wildman–Crippen MR) is 67.2 cm³/mol. The van der Waals surface area contributed by atoms with Gasteiger partial charge in [0.2, 0.25) is 0 Å². The van der Waals surface area contributed by atoms with Crippen LogP contribution in [0, 0.1) is 5.92 Å². The number of unbranched alkanes of at least 4 members (excludes halogenated alkanes) is 1. The minimum atomic E-state index is -1.53. The van der Waals surface area contributed by atoms with Gasteiger partial charge in [-0.2, -0.15) is 0 Å². The fourth-order valence-electron chi connectivity index (χ4n) is 1.35. The van der Waals surface area contributed by atoms with E-state index in [0.717, 1.165) is 6.61 Å². The average molecular weight is 216 g/mol. The van der Waals surface area contributed by atoms with Gasteiger partial charge in [0.05, 0.1) is 0 Å². The molecule has 0 atom stereocenters. The second kappa shape index (κ2) is 5.31. The normalized spacial score (nSPS) is 13.7. The van der Waals surface area contributed by atoms with Crippen molar-refractivity contribution in [2.75, 3.05) is 6.61 Å². The van der Waals surface area contributed by atoms with Gasteiger partial charge in [-0.05, 0) is 30.5 Å². The quantitative estimate of drug-likeness (QED) is 0.471. The highest BCUT2D eigenvalue weighted by atomic mass is 28.4. The highest BCUT2D eigenvalue weighted by molar-refractivity contribution is 6.74. The lowest BCUT2D eigenvalue weighted by Crippen LogP contribution is -2.45. The van der Waals surface area contributed by atoms with Crippen molar-refractivity contribution in [3.63, 3.8) is 0 Å². The fraction of sp³-hybridized carbons (Fsp3) is 1.00. The molecule has 0 amide bonds. The second-order valence-electron chi connectivity index (χ2n) is 5.59. The summed E-state index contributed by atoms with van der Waals surface area (Å²) in [5, 5.41) is 0.362. The van der Waals surface area contributed by atoms with Crippen LogP contribution in [0.1, 0.15) is 47.5 Å². The molecule has 14 heavy (non-hydrogen) atoms. The molecule has 1 nitrogen and oxygen atoms in total. The average Bonchev–Trinajstić information content (AvgIpc) is 2.04. The standard InChI is InChI=1S/C12H28OSi/c1-8-9-10-13-14(6,7)12(4,5)11(2)3/h11H,8-10H2,1-7H3. The molecule has 0 aliphatic heterocycles. The SMILES string of the molecule is CCCCO[Si](C)(C)C(C)(C)C(C)C. The van der Waals surface area contributed by atoms with Crippen LogP contribution in [0.5, 0.6) is 0 Å². The zero-order valence-corrected chi connectivity index (χ0v) is 12.1. The van der Waals surface area contributed by atoms with Gasteiger partial charge >= 0.3 is 0 Å². The smallest absolute Gasteiger partial charge is 0.192 e. The van der Waals surface area contributed by atoms with Gasteiger partial charge in [0.25, 0.3) is 0 Å². The van der Waals surface area contributed by atoms with E-state index >= 15 is 0 Å². The molecule has 0 aromatic heterocycles. The molecule has 0 aliphatic rings. The Morgan fingerprint density at radius 3 is 2.07 bits per heavy atom. The van der Waals surface area contributed by atoms with Crippen molar-refractivity contribution in [1.29, 1.82) is 0 Å². The van der Waals surface area contributed by atoms with Crippen LogP contribution >= 0.6 is 0 Å². The Labute approximate surface area is 91.4 Å². The maximum atomic E-state index is 6.13. The van der Waals surface area contributed by atoms with Crippen LogP contribution in [0.4, 0.5) is 0 Å². The van der Waals surface area contributed by atoms with Crippen LogP contribution in [0.25, 0.3) is 0 Å². The van der Waals surface area contributed by atoms with E-state index in [1.54, 1.807) is 0 Å². The number of hydrogen-bond donors (Lipinski definition) is 0. The molecule has 0 saturated heterocycles. The molecule has 0 rings (SSSR count). The summed E-state index contributed by atoms with van der Waals surface area (Å²) < 4.78 is 6.13. The topological polar surface area (TPSA) is 9.23 Å². The predicted octanol–water partition coefficient (Wildman–Crippen LogP) is 4.44. The lowest BCUT2D eigenvalue weighted by atomic mass is 9.99. The summed E-state index contributed by atoms with van der Waals surface area (Å²) in [4.78, 5) is 0. The summed E-state index contributed by atoms with van der Waals surface area (Å²) in [7, 11) is -1.53. The molecule has 0 spiro atoms. The van der Waals surface area contributed by atoms with Gasteiger partial charge in [-0.1, -0.05) is 41.0 Å². The summed E-state index contributed by atoms with van der Waals surface area (Å²) in [6.45, 7) is 17.2. The third kappa shape index (κ3) is 3.39. The van der Waals surface area contributed by atoms with Crippen LogP contribution in [0.2, 0.25) is 18.1 Å². The minimum absolute atomic E-state index is 0.362. The largest absolute Gasteiger partial charge is 0.417 e. The molecule has 0 aromatic carbocycles. The van der Waals surface area contributed by atoms with E-state index < -0.39 is 8.32 Å². The van der Waals surface area contributed by atoms with Crippen molar-refractivity contribution in [3.8, 4) is 0 Å². The first-order valence-corrected chi connectivity index (χ1v) is 8.80. The van der Waals surface area contributed by atoms with Crippen LogP contribution in [0.15, 0.2) is 0 Å². The summed E-state index contributed by atoms with van der Waals surface area (Å²) in [5.74, 6) is 0.700. The molecule has 0 unspecified atom stereocenters. The van der Waals surface area contributed by atoms with Crippen molar-refractivity contribution >= 4 is 8.32 Å². The second-order valence-corrected chi connectivity index (χ2v) is 10.2.